The van der Waals surface area contributed by atoms with Crippen LogP contribution in [0.5, 0.6) is 0 Å². The van der Waals surface area contributed by atoms with E-state index in [9.17, 15) is 15.5 Å². The van der Waals surface area contributed by atoms with Crippen LogP contribution in [0.15, 0.2) is 53.4 Å². The molecule has 11 heteroatoms. The fourth-order valence-electron chi connectivity index (χ4n) is 5.96. The van der Waals surface area contributed by atoms with Crippen molar-refractivity contribution in [2.75, 3.05) is 13.1 Å². The minimum atomic E-state index is -0.970. The van der Waals surface area contributed by atoms with Crippen molar-refractivity contribution in [2.24, 2.45) is 5.41 Å². The van der Waals surface area contributed by atoms with Gasteiger partial charge in [0.05, 0.1) is 31.7 Å². The quantitative estimate of drug-likeness (QED) is 0.241. The Kier molecular flexibility index (Phi) is 7.89. The topological polar surface area (TPSA) is 101 Å². The number of nitrogens with zero attached hydrogens (tertiary/aromatic N) is 5. The Labute approximate surface area is 256 Å². The fourth-order valence-corrected chi connectivity index (χ4v) is 7.84. The maximum absolute atomic E-state index is 11.1. The molecule has 2 aliphatic rings. The summed E-state index contributed by atoms with van der Waals surface area (Å²) in [6.45, 7) is 6.64. The maximum atomic E-state index is 11.1. The van der Waals surface area contributed by atoms with Gasteiger partial charge in [0.2, 0.25) is 0 Å². The summed E-state index contributed by atoms with van der Waals surface area (Å²) in [5.41, 5.74) is 3.49. The van der Waals surface area contributed by atoms with Crippen molar-refractivity contribution in [3.8, 4) is 17.2 Å². The number of halogens is 2. The van der Waals surface area contributed by atoms with Gasteiger partial charge in [-0.3, -0.25) is 4.98 Å². The molecule has 2 unspecified atom stereocenters. The van der Waals surface area contributed by atoms with Crippen molar-refractivity contribution < 1.29 is 10.2 Å². The van der Waals surface area contributed by atoms with Gasteiger partial charge in [-0.2, -0.15) is 5.26 Å². The summed E-state index contributed by atoms with van der Waals surface area (Å²) in [6, 6.07) is 12.8. The van der Waals surface area contributed by atoms with E-state index in [1.165, 1.54) is 0 Å². The number of thiophene rings is 1. The van der Waals surface area contributed by atoms with Crippen LogP contribution in [0.1, 0.15) is 31.6 Å². The molecule has 6 rings (SSSR count). The van der Waals surface area contributed by atoms with E-state index in [0.717, 1.165) is 63.1 Å². The highest BCUT2D eigenvalue weighted by atomic mass is 79.9. The third-order valence-corrected chi connectivity index (χ3v) is 10.2. The second-order valence-corrected chi connectivity index (χ2v) is 13.7. The smallest absolute Gasteiger partial charge is 0.189 e. The van der Waals surface area contributed by atoms with Crippen LogP contribution in [0.3, 0.4) is 0 Å². The van der Waals surface area contributed by atoms with Gasteiger partial charge in [0.1, 0.15) is 6.23 Å². The van der Waals surface area contributed by atoms with Crippen LogP contribution in [0, 0.1) is 16.7 Å². The molecule has 0 saturated carbocycles. The van der Waals surface area contributed by atoms with E-state index in [4.69, 9.17) is 11.6 Å². The number of pyridine rings is 1. The van der Waals surface area contributed by atoms with E-state index >= 15 is 0 Å². The molecular formula is C30H32BrClN6O2S. The van der Waals surface area contributed by atoms with E-state index in [2.05, 4.69) is 49.1 Å². The average molecular weight is 656 g/mol. The predicted octanol–water partition coefficient (Wildman–Crippen LogP) is 5.82. The molecule has 3 aromatic heterocycles. The Morgan fingerprint density at radius 1 is 1.22 bits per heavy atom. The Hall–Kier alpha value is -2.49. The summed E-state index contributed by atoms with van der Waals surface area (Å²) >= 11 is 11.7. The molecule has 0 aliphatic carbocycles. The van der Waals surface area contributed by atoms with Gasteiger partial charge >= 0.3 is 0 Å². The molecule has 8 nitrogen and oxygen atoms in total. The van der Waals surface area contributed by atoms with Crippen LogP contribution in [0.2, 0.25) is 5.02 Å². The van der Waals surface area contributed by atoms with E-state index < -0.39 is 18.0 Å². The molecule has 0 bridgehead atoms. The van der Waals surface area contributed by atoms with E-state index in [1.54, 1.807) is 27.3 Å². The maximum Gasteiger partial charge on any atom is 0.189 e. The van der Waals surface area contributed by atoms with Crippen molar-refractivity contribution in [1.82, 2.24) is 24.7 Å². The SMILES string of the molecule is CC(C)N1C=C(Br)C(O)N(Cc2cc3nccc(-c4cc(Cl)cc5ccn(CC6(C#N)CCNCC6)c45)c3s2)C1O. The molecule has 214 valence electrons. The molecule has 4 aromatic rings. The predicted molar refractivity (Wildman–Crippen MR) is 167 cm³/mol. The molecule has 2 atom stereocenters. The number of fused-ring (bicyclic) bond motifs is 2. The number of aliphatic hydroxyl groups is 2. The van der Waals surface area contributed by atoms with Crippen molar-refractivity contribution in [3.05, 3.63) is 63.3 Å². The van der Waals surface area contributed by atoms with Gasteiger partial charge < -0.3 is 25.0 Å². The molecule has 2 aliphatic heterocycles. The molecule has 1 fully saturated rings. The normalized spacial score (nSPS) is 21.5. The first kappa shape index (κ1) is 28.6. The molecule has 1 saturated heterocycles. The molecular weight excluding hydrogens is 624 g/mol. The minimum absolute atomic E-state index is 0.0507. The lowest BCUT2D eigenvalue weighted by molar-refractivity contribution is -0.168. The number of nitrogens with one attached hydrogen (secondary N) is 1. The Balaban J connectivity index is 1.41. The lowest BCUT2D eigenvalue weighted by Crippen LogP contribution is -2.55. The Bertz CT molecular complexity index is 1670. The molecule has 0 radical (unpaired) electrons. The highest BCUT2D eigenvalue weighted by molar-refractivity contribution is 9.11. The fraction of sp³-hybridized carbons (Fsp3) is 0.400. The summed E-state index contributed by atoms with van der Waals surface area (Å²) in [7, 11) is 0. The number of nitriles is 1. The Morgan fingerprint density at radius 2 is 2.00 bits per heavy atom. The number of rotatable bonds is 6. The molecule has 0 amide bonds. The zero-order valence-corrected chi connectivity index (χ0v) is 26.0. The van der Waals surface area contributed by atoms with E-state index in [-0.39, 0.29) is 6.04 Å². The van der Waals surface area contributed by atoms with Gasteiger partial charge in [0, 0.05) is 64.1 Å². The minimum Gasteiger partial charge on any atom is -0.373 e. The third kappa shape index (κ3) is 5.30. The lowest BCUT2D eigenvalue weighted by Gasteiger charge is -2.43. The molecule has 41 heavy (non-hydrogen) atoms. The van der Waals surface area contributed by atoms with E-state index in [1.807, 2.05) is 44.3 Å². The van der Waals surface area contributed by atoms with Gasteiger partial charge in [-0.1, -0.05) is 11.6 Å². The summed E-state index contributed by atoms with van der Waals surface area (Å²) in [4.78, 5) is 9.08. The van der Waals surface area contributed by atoms with Crippen molar-refractivity contribution in [3.63, 3.8) is 0 Å². The summed E-state index contributed by atoms with van der Waals surface area (Å²) in [5.74, 6) is 0. The number of hydrogen-bond acceptors (Lipinski definition) is 8. The number of piperidine rings is 1. The molecule has 5 heterocycles. The first-order valence-corrected chi connectivity index (χ1v) is 15.7. The number of aliphatic hydroxyl groups excluding tert-OH is 2. The zero-order valence-electron chi connectivity index (χ0n) is 22.9. The first-order valence-electron chi connectivity index (χ1n) is 13.7. The van der Waals surface area contributed by atoms with Gasteiger partial charge in [0.15, 0.2) is 6.35 Å². The van der Waals surface area contributed by atoms with Gasteiger partial charge in [-0.05, 0) is 86.0 Å². The number of aromatic nitrogens is 2. The molecule has 0 spiro atoms. The summed E-state index contributed by atoms with van der Waals surface area (Å²) < 4.78 is 3.82. The average Bonchev–Trinajstić information content (AvgIpc) is 3.56. The van der Waals surface area contributed by atoms with Crippen LogP contribution in [-0.2, 0) is 13.1 Å². The standard InChI is InChI=1S/C30H32BrClN6O2S/c1-18(2)37-15-24(31)28(39)38(29(37)40)14-21-13-25-27(41-21)22(3-7-35-25)23-12-20(32)11-19-4-10-36(26(19)23)17-30(16-33)5-8-34-9-6-30/h3-4,7,10-13,15,18,28-29,34,39-40H,5-6,8-9,14,17H2,1-2H3. The third-order valence-electron chi connectivity index (χ3n) is 8.18. The Morgan fingerprint density at radius 3 is 2.73 bits per heavy atom. The van der Waals surface area contributed by atoms with Crippen LogP contribution < -0.4 is 5.32 Å². The largest absolute Gasteiger partial charge is 0.373 e. The lowest BCUT2D eigenvalue weighted by atomic mass is 9.80. The monoisotopic (exact) mass is 654 g/mol. The zero-order chi connectivity index (χ0) is 28.9. The van der Waals surface area contributed by atoms with Crippen LogP contribution in [-0.4, -0.2) is 61.3 Å². The first-order chi connectivity index (χ1) is 19.7. The van der Waals surface area contributed by atoms with Gasteiger partial charge in [-0.15, -0.1) is 11.3 Å². The number of hydrogen-bond donors (Lipinski definition) is 3. The summed E-state index contributed by atoms with van der Waals surface area (Å²) in [5, 5.41) is 37.1. The van der Waals surface area contributed by atoms with Crippen LogP contribution in [0.25, 0.3) is 32.2 Å². The van der Waals surface area contributed by atoms with Gasteiger partial charge in [0.25, 0.3) is 0 Å². The highest BCUT2D eigenvalue weighted by Crippen LogP contribution is 2.41. The highest BCUT2D eigenvalue weighted by Gasteiger charge is 2.35. The second kappa shape index (κ2) is 11.3. The van der Waals surface area contributed by atoms with E-state index in [0.29, 0.717) is 22.6 Å². The van der Waals surface area contributed by atoms with Gasteiger partial charge in [-0.25, -0.2) is 4.90 Å². The molecule has 1 aromatic carbocycles. The van der Waals surface area contributed by atoms with Crippen LogP contribution >= 0.6 is 38.9 Å². The molecule has 3 N–H and O–H groups in total. The van der Waals surface area contributed by atoms with Crippen molar-refractivity contribution in [2.45, 2.75) is 58.4 Å². The van der Waals surface area contributed by atoms with Crippen molar-refractivity contribution >= 4 is 60.0 Å². The van der Waals surface area contributed by atoms with Crippen molar-refractivity contribution in [1.29, 1.82) is 5.26 Å². The van der Waals surface area contributed by atoms with Crippen LogP contribution in [0.4, 0.5) is 0 Å². The second-order valence-electron chi connectivity index (χ2n) is 11.2. The number of benzene rings is 1. The summed E-state index contributed by atoms with van der Waals surface area (Å²) in [6.07, 6.45) is 5.32.